The van der Waals surface area contributed by atoms with Gasteiger partial charge in [-0.1, -0.05) is 67.7 Å². The van der Waals surface area contributed by atoms with Gasteiger partial charge in [0, 0.05) is 20.0 Å². The fraction of sp³-hybridized carbons (Fsp3) is 0.857. The zero-order valence-corrected chi connectivity index (χ0v) is 25.0. The smallest absolute Gasteiger partial charge is 0.328 e. The molecule has 0 fully saturated rings. The lowest BCUT2D eigenvalue weighted by Crippen LogP contribution is -2.60. The first-order chi connectivity index (χ1) is 17.1. The molecule has 0 saturated carbocycles. The Hall–Kier alpha value is -2.16. The number of amides is 3. The highest BCUT2D eigenvalue weighted by atomic mass is 16.5. The van der Waals surface area contributed by atoms with E-state index in [1.807, 2.05) is 20.8 Å². The molecule has 9 heteroatoms. The SMILES string of the molecule is CCCCC(C)CC(C)C(=O)N(C)[C@@H](CC(C)C)C(=O)N[C@H](C(=O)N(C)[C@H](C(=O)OC)C(C)C)[C@@H](C)O. The number of hydrogen-bond donors (Lipinski definition) is 2. The molecule has 6 atom stereocenters. The molecule has 0 aliphatic carbocycles. The van der Waals surface area contributed by atoms with Crippen LogP contribution in [-0.4, -0.2) is 84.0 Å². The number of nitrogens with one attached hydrogen (secondary N) is 1. The van der Waals surface area contributed by atoms with Crippen LogP contribution in [0.4, 0.5) is 0 Å². The predicted molar refractivity (Wildman–Crippen MR) is 146 cm³/mol. The van der Waals surface area contributed by atoms with E-state index in [9.17, 15) is 24.3 Å². The fourth-order valence-electron chi connectivity index (χ4n) is 4.76. The molecule has 3 amide bonds. The maximum atomic E-state index is 13.5. The van der Waals surface area contributed by atoms with E-state index >= 15 is 0 Å². The summed E-state index contributed by atoms with van der Waals surface area (Å²) in [5, 5.41) is 13.1. The summed E-state index contributed by atoms with van der Waals surface area (Å²) in [7, 11) is 4.33. The maximum Gasteiger partial charge on any atom is 0.328 e. The van der Waals surface area contributed by atoms with Crippen LogP contribution >= 0.6 is 0 Å². The summed E-state index contributed by atoms with van der Waals surface area (Å²) in [5.74, 6) is -1.79. The summed E-state index contributed by atoms with van der Waals surface area (Å²) in [6.45, 7) is 15.1. The van der Waals surface area contributed by atoms with E-state index in [1.54, 1.807) is 20.9 Å². The standard InChI is InChI=1S/C28H53N3O6/c1-12-13-14-19(6)16-20(7)26(34)30(9)22(15-17(2)3)25(33)29-23(21(8)32)27(35)31(10)24(18(4)5)28(36)37-11/h17-24,32H,12-16H2,1-11H3,(H,29,33)/t19?,20?,21-,22+,23+,24+/m1/s1. The lowest BCUT2D eigenvalue weighted by Gasteiger charge is -2.35. The van der Waals surface area contributed by atoms with E-state index in [0.29, 0.717) is 12.3 Å². The van der Waals surface area contributed by atoms with Crippen LogP contribution in [0.3, 0.4) is 0 Å². The average Bonchev–Trinajstić information content (AvgIpc) is 2.82. The number of ether oxygens (including phenoxy) is 1. The normalized spacial score (nSPS) is 16.4. The Kier molecular flexibility index (Phi) is 15.7. The molecule has 9 nitrogen and oxygen atoms in total. The number of carbonyl (C=O) groups is 4. The quantitative estimate of drug-likeness (QED) is 0.298. The molecule has 0 saturated heterocycles. The van der Waals surface area contributed by atoms with Gasteiger partial charge in [0.1, 0.15) is 18.1 Å². The lowest BCUT2D eigenvalue weighted by molar-refractivity contribution is -0.156. The molecule has 0 bridgehead atoms. The molecule has 37 heavy (non-hydrogen) atoms. The lowest BCUT2D eigenvalue weighted by atomic mass is 9.91. The molecule has 2 unspecified atom stereocenters. The summed E-state index contributed by atoms with van der Waals surface area (Å²) >= 11 is 0. The number of aliphatic hydroxyl groups is 1. The number of rotatable bonds is 16. The first-order valence-corrected chi connectivity index (χ1v) is 13.7. The van der Waals surface area contributed by atoms with Crippen LogP contribution in [0.15, 0.2) is 0 Å². The Bertz CT molecular complexity index is 739. The Morgan fingerprint density at radius 3 is 1.89 bits per heavy atom. The van der Waals surface area contributed by atoms with Gasteiger partial charge in [0.2, 0.25) is 17.7 Å². The van der Waals surface area contributed by atoms with Crippen molar-refractivity contribution in [3.05, 3.63) is 0 Å². The molecular formula is C28H53N3O6. The molecule has 0 spiro atoms. The van der Waals surface area contributed by atoms with E-state index in [0.717, 1.165) is 25.7 Å². The minimum Gasteiger partial charge on any atom is -0.467 e. The number of carbonyl (C=O) groups excluding carboxylic acids is 4. The average molecular weight is 528 g/mol. The summed E-state index contributed by atoms with van der Waals surface area (Å²) < 4.78 is 4.85. The zero-order valence-electron chi connectivity index (χ0n) is 25.0. The van der Waals surface area contributed by atoms with Crippen molar-refractivity contribution in [3.63, 3.8) is 0 Å². The van der Waals surface area contributed by atoms with Crippen LogP contribution in [-0.2, 0) is 23.9 Å². The number of nitrogens with zero attached hydrogens (tertiary/aromatic N) is 2. The Labute approximate surface area is 224 Å². The van der Waals surface area contributed by atoms with E-state index < -0.39 is 42.0 Å². The molecule has 2 N–H and O–H groups in total. The molecule has 0 aliphatic heterocycles. The van der Waals surface area contributed by atoms with Crippen molar-refractivity contribution >= 4 is 23.7 Å². The highest BCUT2D eigenvalue weighted by molar-refractivity contribution is 5.94. The monoisotopic (exact) mass is 527 g/mol. The fourth-order valence-corrected chi connectivity index (χ4v) is 4.76. The Morgan fingerprint density at radius 1 is 0.892 bits per heavy atom. The van der Waals surface area contributed by atoms with E-state index in [4.69, 9.17) is 4.74 Å². The number of hydrogen-bond acceptors (Lipinski definition) is 6. The largest absolute Gasteiger partial charge is 0.467 e. The second kappa shape index (κ2) is 16.6. The molecular weight excluding hydrogens is 474 g/mol. The molecule has 0 aromatic carbocycles. The summed E-state index contributed by atoms with van der Waals surface area (Å²) in [5.41, 5.74) is 0. The molecule has 0 aromatic heterocycles. The summed E-state index contributed by atoms with van der Waals surface area (Å²) in [6, 6.07) is -2.96. The van der Waals surface area contributed by atoms with Gasteiger partial charge < -0.3 is 25.0 Å². The van der Waals surface area contributed by atoms with E-state index in [2.05, 4.69) is 19.2 Å². The first-order valence-electron chi connectivity index (χ1n) is 13.7. The van der Waals surface area contributed by atoms with Crippen molar-refractivity contribution in [2.75, 3.05) is 21.2 Å². The van der Waals surface area contributed by atoms with Crippen molar-refractivity contribution in [3.8, 4) is 0 Å². The first kappa shape index (κ1) is 34.8. The number of aliphatic hydroxyl groups excluding tert-OH is 1. The van der Waals surface area contributed by atoms with E-state index in [1.165, 1.54) is 30.9 Å². The Morgan fingerprint density at radius 2 is 1.46 bits per heavy atom. The highest BCUT2D eigenvalue weighted by Crippen LogP contribution is 2.22. The van der Waals surface area contributed by atoms with Crippen LogP contribution in [0.1, 0.15) is 87.5 Å². The van der Waals surface area contributed by atoms with Gasteiger partial charge in [-0.05, 0) is 37.5 Å². The van der Waals surface area contributed by atoms with Crippen molar-refractivity contribution in [2.24, 2.45) is 23.7 Å². The van der Waals surface area contributed by atoms with E-state index in [-0.39, 0.29) is 23.7 Å². The Balaban J connectivity index is 5.79. The molecule has 0 heterocycles. The van der Waals surface area contributed by atoms with Crippen LogP contribution in [0.2, 0.25) is 0 Å². The zero-order chi connectivity index (χ0) is 29.0. The van der Waals surface area contributed by atoms with Crippen molar-refractivity contribution < 1.29 is 29.0 Å². The molecule has 0 rings (SSSR count). The van der Waals surface area contributed by atoms with Crippen LogP contribution in [0.5, 0.6) is 0 Å². The highest BCUT2D eigenvalue weighted by Gasteiger charge is 2.38. The van der Waals surface area contributed by atoms with Crippen LogP contribution in [0.25, 0.3) is 0 Å². The van der Waals surface area contributed by atoms with Gasteiger partial charge in [-0.3, -0.25) is 14.4 Å². The number of methoxy groups -OCH3 is 1. The third-order valence-electron chi connectivity index (χ3n) is 6.93. The van der Waals surface area contributed by atoms with Crippen molar-refractivity contribution in [1.82, 2.24) is 15.1 Å². The summed E-state index contributed by atoms with van der Waals surface area (Å²) in [4.78, 5) is 55.0. The molecule has 216 valence electrons. The second-order valence-corrected chi connectivity index (χ2v) is 11.4. The van der Waals surface area contributed by atoms with Crippen LogP contribution in [0, 0.1) is 23.7 Å². The minimum atomic E-state index is -1.28. The van der Waals surface area contributed by atoms with Gasteiger partial charge in [0.15, 0.2) is 0 Å². The van der Waals surface area contributed by atoms with Gasteiger partial charge in [-0.2, -0.15) is 0 Å². The third kappa shape index (κ3) is 11.0. The van der Waals surface area contributed by atoms with Gasteiger partial charge in [-0.15, -0.1) is 0 Å². The van der Waals surface area contributed by atoms with Crippen LogP contribution < -0.4 is 5.32 Å². The maximum absolute atomic E-state index is 13.5. The third-order valence-corrected chi connectivity index (χ3v) is 6.93. The topological polar surface area (TPSA) is 116 Å². The second-order valence-electron chi connectivity index (χ2n) is 11.4. The number of esters is 1. The van der Waals surface area contributed by atoms with Crippen molar-refractivity contribution in [1.29, 1.82) is 0 Å². The number of likely N-dealkylation sites (N-methyl/N-ethyl adjacent to an activating group) is 2. The predicted octanol–water partition coefficient (Wildman–Crippen LogP) is 3.23. The summed E-state index contributed by atoms with van der Waals surface area (Å²) in [6.07, 6.45) is 3.21. The van der Waals surface area contributed by atoms with Gasteiger partial charge in [0.05, 0.1) is 13.2 Å². The molecule has 0 radical (unpaired) electrons. The van der Waals surface area contributed by atoms with Gasteiger partial charge in [-0.25, -0.2) is 4.79 Å². The van der Waals surface area contributed by atoms with Crippen molar-refractivity contribution in [2.45, 2.75) is 112 Å². The minimum absolute atomic E-state index is 0.109. The number of unbranched alkanes of at least 4 members (excludes halogenated alkanes) is 1. The molecule has 0 aromatic rings. The molecule has 0 aliphatic rings. The van der Waals surface area contributed by atoms with Gasteiger partial charge in [0.25, 0.3) is 0 Å². The van der Waals surface area contributed by atoms with Gasteiger partial charge >= 0.3 is 5.97 Å².